The third kappa shape index (κ3) is 3.69. The minimum atomic E-state index is -3.63. The number of aromatic nitrogens is 2. The number of imidazole rings is 1. The number of nitrogens with one attached hydrogen (secondary N) is 1. The van der Waals surface area contributed by atoms with Crippen molar-refractivity contribution in [2.75, 3.05) is 4.72 Å². The van der Waals surface area contributed by atoms with Crippen LogP contribution in [0.1, 0.15) is 0 Å². The third-order valence-electron chi connectivity index (χ3n) is 3.19. The van der Waals surface area contributed by atoms with Crippen molar-refractivity contribution in [2.24, 2.45) is 0 Å². The van der Waals surface area contributed by atoms with Crippen LogP contribution in [0, 0.1) is 3.57 Å². The first-order valence-corrected chi connectivity index (χ1v) is 9.96. The molecule has 1 aromatic heterocycles. The number of hydrogen-bond donors (Lipinski definition) is 1. The Kier molecular flexibility index (Phi) is 5.05. The van der Waals surface area contributed by atoms with Crippen LogP contribution in [0.5, 0.6) is 0 Å². The van der Waals surface area contributed by atoms with E-state index in [1.165, 1.54) is 6.33 Å². The summed E-state index contributed by atoms with van der Waals surface area (Å²) >= 11 is 14.0. The number of halogens is 3. The minimum absolute atomic E-state index is 0.205. The van der Waals surface area contributed by atoms with Gasteiger partial charge in [0, 0.05) is 14.9 Å². The van der Waals surface area contributed by atoms with Gasteiger partial charge in [-0.25, -0.2) is 13.4 Å². The first kappa shape index (κ1) is 17.5. The number of sulfonamides is 1. The monoisotopic (exact) mass is 493 g/mol. The summed E-state index contributed by atoms with van der Waals surface area (Å²) in [5, 5.41) is 0.504. The summed E-state index contributed by atoms with van der Waals surface area (Å²) in [4.78, 5) is 4.11. The van der Waals surface area contributed by atoms with Crippen LogP contribution in [-0.4, -0.2) is 18.0 Å². The number of hydrogen-bond acceptors (Lipinski definition) is 3. The molecule has 124 valence electrons. The van der Waals surface area contributed by atoms with Gasteiger partial charge in [0.05, 0.1) is 4.90 Å². The Labute approximate surface area is 162 Å². The molecule has 5 nitrogen and oxygen atoms in total. The van der Waals surface area contributed by atoms with E-state index in [9.17, 15) is 8.42 Å². The molecule has 0 aliphatic carbocycles. The van der Waals surface area contributed by atoms with Crippen LogP contribution in [0.4, 0.5) is 5.69 Å². The quantitative estimate of drug-likeness (QED) is 0.541. The molecule has 0 saturated heterocycles. The van der Waals surface area contributed by atoms with Crippen LogP contribution >= 0.6 is 45.8 Å². The molecule has 9 heteroatoms. The van der Waals surface area contributed by atoms with Gasteiger partial charge in [0.15, 0.2) is 10.3 Å². The van der Waals surface area contributed by atoms with E-state index in [2.05, 4.69) is 32.3 Å². The van der Waals surface area contributed by atoms with Crippen molar-refractivity contribution in [3.63, 3.8) is 0 Å². The lowest BCUT2D eigenvalue weighted by molar-refractivity contribution is 0.601. The Hall–Kier alpha value is -1.29. The highest BCUT2D eigenvalue weighted by atomic mass is 127. The average molecular weight is 494 g/mol. The van der Waals surface area contributed by atoms with Gasteiger partial charge in [-0.05, 0) is 71.1 Å². The lowest BCUT2D eigenvalue weighted by Gasteiger charge is -2.10. The highest BCUT2D eigenvalue weighted by Gasteiger charge is 2.14. The highest BCUT2D eigenvalue weighted by Crippen LogP contribution is 2.25. The molecule has 0 atom stereocenters. The van der Waals surface area contributed by atoms with Gasteiger partial charge in [0.2, 0.25) is 0 Å². The Morgan fingerprint density at radius 1 is 1.00 bits per heavy atom. The van der Waals surface area contributed by atoms with E-state index in [4.69, 9.17) is 23.2 Å². The minimum Gasteiger partial charge on any atom is -0.288 e. The predicted octanol–water partition coefficient (Wildman–Crippen LogP) is 4.58. The van der Waals surface area contributed by atoms with E-state index in [0.29, 0.717) is 10.8 Å². The summed E-state index contributed by atoms with van der Waals surface area (Å²) in [5.74, 6) is 0. The Bertz CT molecular complexity index is 971. The summed E-state index contributed by atoms with van der Waals surface area (Å²) in [6.45, 7) is 0. The number of anilines is 1. The van der Waals surface area contributed by atoms with Gasteiger partial charge in [-0.2, -0.15) is 0 Å². The molecular weight excluding hydrogens is 484 g/mol. The number of benzene rings is 2. The van der Waals surface area contributed by atoms with Crippen molar-refractivity contribution < 1.29 is 8.42 Å². The zero-order valence-corrected chi connectivity index (χ0v) is 16.4. The molecule has 2 aromatic carbocycles. The third-order valence-corrected chi connectivity index (χ3v) is 6.04. The van der Waals surface area contributed by atoms with Gasteiger partial charge in [-0.15, -0.1) is 0 Å². The van der Waals surface area contributed by atoms with Crippen LogP contribution < -0.4 is 4.72 Å². The molecule has 3 aromatic rings. The second kappa shape index (κ2) is 6.91. The molecule has 0 spiro atoms. The van der Waals surface area contributed by atoms with Crippen molar-refractivity contribution in [3.05, 3.63) is 68.7 Å². The van der Waals surface area contributed by atoms with Gasteiger partial charge < -0.3 is 0 Å². The number of nitrogens with zero attached hydrogens (tertiary/aromatic N) is 2. The van der Waals surface area contributed by atoms with Crippen molar-refractivity contribution in [3.8, 4) is 5.69 Å². The Morgan fingerprint density at radius 2 is 1.62 bits per heavy atom. The second-order valence-electron chi connectivity index (χ2n) is 4.80. The van der Waals surface area contributed by atoms with Crippen LogP contribution in [0.15, 0.2) is 59.8 Å². The lowest BCUT2D eigenvalue weighted by atomic mass is 10.3. The highest BCUT2D eigenvalue weighted by molar-refractivity contribution is 14.1. The summed E-state index contributed by atoms with van der Waals surface area (Å²) in [6, 6.07) is 13.3. The van der Waals surface area contributed by atoms with Gasteiger partial charge in [0.25, 0.3) is 10.0 Å². The molecule has 0 unspecified atom stereocenters. The van der Waals surface area contributed by atoms with Crippen molar-refractivity contribution in [1.82, 2.24) is 9.55 Å². The van der Waals surface area contributed by atoms with Gasteiger partial charge in [-0.3, -0.25) is 9.29 Å². The van der Waals surface area contributed by atoms with Crippen LogP contribution in [0.2, 0.25) is 10.3 Å². The first-order chi connectivity index (χ1) is 11.4. The average Bonchev–Trinajstić information content (AvgIpc) is 2.88. The molecule has 0 aliphatic heterocycles. The molecular formula is C15H10Cl2IN3O2S. The molecule has 0 aliphatic rings. The normalized spacial score (nSPS) is 11.5. The molecule has 0 saturated carbocycles. The van der Waals surface area contributed by atoms with Crippen LogP contribution in [0.3, 0.4) is 0 Å². The maximum Gasteiger partial charge on any atom is 0.261 e. The zero-order valence-electron chi connectivity index (χ0n) is 11.9. The van der Waals surface area contributed by atoms with E-state index in [-0.39, 0.29) is 10.0 Å². The molecule has 24 heavy (non-hydrogen) atoms. The van der Waals surface area contributed by atoms with E-state index in [1.807, 2.05) is 0 Å². The van der Waals surface area contributed by atoms with Gasteiger partial charge >= 0.3 is 0 Å². The topological polar surface area (TPSA) is 64.0 Å². The van der Waals surface area contributed by atoms with E-state index in [1.54, 1.807) is 53.1 Å². The largest absolute Gasteiger partial charge is 0.288 e. The smallest absolute Gasteiger partial charge is 0.261 e. The fourth-order valence-electron chi connectivity index (χ4n) is 2.01. The van der Waals surface area contributed by atoms with E-state index < -0.39 is 10.0 Å². The molecule has 0 fully saturated rings. The van der Waals surface area contributed by atoms with Crippen molar-refractivity contribution in [1.29, 1.82) is 0 Å². The van der Waals surface area contributed by atoms with Crippen LogP contribution in [0.25, 0.3) is 5.69 Å². The van der Waals surface area contributed by atoms with E-state index >= 15 is 0 Å². The van der Waals surface area contributed by atoms with Crippen LogP contribution in [-0.2, 0) is 10.0 Å². The molecule has 3 rings (SSSR count). The summed E-state index contributed by atoms with van der Waals surface area (Å²) in [5.41, 5.74) is 1.16. The van der Waals surface area contributed by atoms with E-state index in [0.717, 1.165) is 9.26 Å². The lowest BCUT2D eigenvalue weighted by Crippen LogP contribution is -2.12. The number of rotatable bonds is 4. The maximum atomic E-state index is 12.4. The molecule has 1 heterocycles. The maximum absolute atomic E-state index is 12.4. The van der Waals surface area contributed by atoms with Gasteiger partial charge in [0.1, 0.15) is 6.33 Å². The first-order valence-electron chi connectivity index (χ1n) is 6.64. The predicted molar refractivity (Wildman–Crippen MR) is 104 cm³/mol. The fourth-order valence-corrected chi connectivity index (χ4v) is 3.75. The summed E-state index contributed by atoms with van der Waals surface area (Å²) in [6.07, 6.45) is 1.50. The molecule has 1 N–H and O–H groups in total. The summed E-state index contributed by atoms with van der Waals surface area (Å²) < 4.78 is 29.8. The molecule has 0 amide bonds. The molecule has 0 bridgehead atoms. The standard InChI is InChI=1S/C15H10Cl2IN3O2S/c16-14-15(17)21(9-19-14)12-5-3-11(4-6-12)20-24(22,23)13-7-1-10(18)2-8-13/h1-9,20H. The van der Waals surface area contributed by atoms with Gasteiger partial charge in [-0.1, -0.05) is 23.2 Å². The van der Waals surface area contributed by atoms with Crippen molar-refractivity contribution >= 4 is 61.5 Å². The summed E-state index contributed by atoms with van der Waals surface area (Å²) in [7, 11) is -3.63. The van der Waals surface area contributed by atoms with Crippen molar-refractivity contribution in [2.45, 2.75) is 4.90 Å². The zero-order chi connectivity index (χ0) is 17.3. The molecule has 0 radical (unpaired) electrons. The SMILES string of the molecule is O=S(=O)(Nc1ccc(-n2cnc(Cl)c2Cl)cc1)c1ccc(I)cc1. The Balaban J connectivity index is 1.84. The fraction of sp³-hybridized carbons (Fsp3) is 0. The second-order valence-corrected chi connectivity index (χ2v) is 8.45. The Morgan fingerprint density at radius 3 is 2.17 bits per heavy atom.